The first kappa shape index (κ1) is 27.1. The highest BCUT2D eigenvalue weighted by molar-refractivity contribution is 7.99. The van der Waals surface area contributed by atoms with Crippen molar-refractivity contribution in [2.24, 2.45) is 0 Å². The van der Waals surface area contributed by atoms with E-state index in [1.165, 1.54) is 22.3 Å². The first-order chi connectivity index (χ1) is 14.8. The largest absolute Gasteiger partial charge is 0.511 e. The van der Waals surface area contributed by atoms with Crippen LogP contribution in [0.4, 0.5) is 0 Å². The van der Waals surface area contributed by atoms with Gasteiger partial charge in [-0.1, -0.05) is 65.3 Å². The molecule has 3 nitrogen and oxygen atoms in total. The summed E-state index contributed by atoms with van der Waals surface area (Å²) in [5.41, 5.74) is 5.50. The van der Waals surface area contributed by atoms with Gasteiger partial charge in [-0.15, -0.1) is 0 Å². The van der Waals surface area contributed by atoms with Crippen LogP contribution in [0, 0.1) is 0 Å². The Morgan fingerprint density at radius 2 is 1.81 bits per heavy atom. The highest BCUT2D eigenvalue weighted by Crippen LogP contribution is 2.17. The van der Waals surface area contributed by atoms with E-state index in [-0.39, 0.29) is 11.7 Å². The van der Waals surface area contributed by atoms with Crippen LogP contribution in [0.2, 0.25) is 0 Å². The number of allylic oxidation sites excluding steroid dienone is 9. The van der Waals surface area contributed by atoms with Gasteiger partial charge in [-0.25, -0.2) is 0 Å². The van der Waals surface area contributed by atoms with Crippen molar-refractivity contribution < 1.29 is 9.90 Å². The molecule has 0 saturated heterocycles. The highest BCUT2D eigenvalue weighted by atomic mass is 32.2. The van der Waals surface area contributed by atoms with Crippen LogP contribution < -0.4 is 5.32 Å². The lowest BCUT2D eigenvalue weighted by Gasteiger charge is -2.17. The minimum absolute atomic E-state index is 0.0250. The molecule has 4 heteroatoms. The number of nitrogens with one attached hydrogen (secondary N) is 1. The Morgan fingerprint density at radius 1 is 1.13 bits per heavy atom. The van der Waals surface area contributed by atoms with E-state index >= 15 is 0 Å². The molecular formula is C27H41NO2S. The van der Waals surface area contributed by atoms with E-state index in [1.54, 1.807) is 11.8 Å². The third-order valence-electron chi connectivity index (χ3n) is 5.22. The van der Waals surface area contributed by atoms with Gasteiger partial charge in [0.05, 0.1) is 6.04 Å². The summed E-state index contributed by atoms with van der Waals surface area (Å²) in [5.74, 6) is 1.48. The number of carbonyl (C=O) groups excluding carboxylic acids is 1. The molecule has 0 radical (unpaired) electrons. The van der Waals surface area contributed by atoms with Crippen LogP contribution >= 0.6 is 11.8 Å². The van der Waals surface area contributed by atoms with E-state index in [4.69, 9.17) is 0 Å². The van der Waals surface area contributed by atoms with E-state index in [9.17, 15) is 9.90 Å². The molecule has 1 amide bonds. The van der Waals surface area contributed by atoms with Gasteiger partial charge in [-0.2, -0.15) is 11.8 Å². The van der Waals surface area contributed by atoms with Crippen molar-refractivity contribution in [1.29, 1.82) is 0 Å². The molecule has 2 N–H and O–H groups in total. The van der Waals surface area contributed by atoms with Gasteiger partial charge in [0.15, 0.2) is 0 Å². The number of thioether (sulfide) groups is 1. The van der Waals surface area contributed by atoms with Gasteiger partial charge < -0.3 is 10.4 Å². The van der Waals surface area contributed by atoms with Gasteiger partial charge >= 0.3 is 0 Å². The first-order valence-electron chi connectivity index (χ1n) is 11.3. The lowest BCUT2D eigenvalue weighted by molar-refractivity contribution is -0.121. The molecule has 0 aromatic carbocycles. The van der Waals surface area contributed by atoms with Gasteiger partial charge in [0.1, 0.15) is 5.76 Å². The zero-order chi connectivity index (χ0) is 23.1. The molecule has 0 fully saturated rings. The van der Waals surface area contributed by atoms with Gasteiger partial charge in [0.2, 0.25) is 5.91 Å². The Balaban J connectivity index is 2.26. The highest BCUT2D eigenvalue weighted by Gasteiger charge is 2.15. The van der Waals surface area contributed by atoms with E-state index in [1.807, 2.05) is 6.08 Å². The Labute approximate surface area is 194 Å². The van der Waals surface area contributed by atoms with Crippen molar-refractivity contribution in [3.63, 3.8) is 0 Å². The van der Waals surface area contributed by atoms with Crippen molar-refractivity contribution >= 4 is 17.7 Å². The fourth-order valence-electron chi connectivity index (χ4n) is 3.16. The summed E-state index contributed by atoms with van der Waals surface area (Å²) in [6.07, 6.45) is 19.6. The van der Waals surface area contributed by atoms with Gasteiger partial charge in [0.25, 0.3) is 0 Å². The summed E-state index contributed by atoms with van der Waals surface area (Å²) < 4.78 is 0. The number of hydrogen-bond donors (Lipinski definition) is 2. The average molecular weight is 444 g/mol. The quantitative estimate of drug-likeness (QED) is 0.158. The average Bonchev–Trinajstić information content (AvgIpc) is 3.22. The van der Waals surface area contributed by atoms with Crippen LogP contribution in [0.25, 0.3) is 0 Å². The minimum Gasteiger partial charge on any atom is -0.511 e. The number of hydrogen-bond acceptors (Lipinski definition) is 3. The zero-order valence-corrected chi connectivity index (χ0v) is 20.7. The van der Waals surface area contributed by atoms with Crippen LogP contribution in [-0.2, 0) is 4.79 Å². The third-order valence-corrected chi connectivity index (χ3v) is 6.19. The van der Waals surface area contributed by atoms with Gasteiger partial charge in [0, 0.05) is 17.9 Å². The molecule has 0 aromatic heterocycles. The Morgan fingerprint density at radius 3 is 2.42 bits per heavy atom. The van der Waals surface area contributed by atoms with E-state index in [0.717, 1.165) is 44.3 Å². The fraction of sp³-hybridized carbons (Fsp3) is 0.519. The molecule has 1 rings (SSSR count). The Kier molecular flexibility index (Phi) is 13.8. The Bertz CT molecular complexity index is 736. The van der Waals surface area contributed by atoms with Crippen LogP contribution in [0.5, 0.6) is 0 Å². The first-order valence-corrected chi connectivity index (χ1v) is 12.5. The SMILES string of the molecule is C=C(O)C(CSC/C=C(\C)CC/C=C(\C)CCC=C(C)C)NC(=O)CCC1=CC=CC1. The van der Waals surface area contributed by atoms with Crippen LogP contribution in [0.3, 0.4) is 0 Å². The molecular weight excluding hydrogens is 402 g/mol. The summed E-state index contributed by atoms with van der Waals surface area (Å²) in [7, 11) is 0. The molecule has 1 unspecified atom stereocenters. The van der Waals surface area contributed by atoms with Crippen LogP contribution in [-0.4, -0.2) is 28.6 Å². The number of aliphatic hydroxyl groups excluding tert-OH is 1. The lowest BCUT2D eigenvalue weighted by atomic mass is 10.1. The molecule has 0 aliphatic heterocycles. The molecule has 1 aliphatic rings. The molecule has 0 aromatic rings. The second kappa shape index (κ2) is 15.8. The lowest BCUT2D eigenvalue weighted by Crippen LogP contribution is -2.37. The molecule has 31 heavy (non-hydrogen) atoms. The summed E-state index contributed by atoms with van der Waals surface area (Å²) in [6, 6.07) is -0.395. The van der Waals surface area contributed by atoms with E-state index in [0.29, 0.717) is 12.2 Å². The number of rotatable bonds is 15. The monoisotopic (exact) mass is 443 g/mol. The predicted octanol–water partition coefficient (Wildman–Crippen LogP) is 7.36. The third kappa shape index (κ3) is 13.9. The predicted molar refractivity (Wildman–Crippen MR) is 138 cm³/mol. The molecule has 0 bridgehead atoms. The molecule has 0 saturated carbocycles. The van der Waals surface area contributed by atoms with Crippen molar-refractivity contribution in [3.8, 4) is 0 Å². The van der Waals surface area contributed by atoms with Crippen molar-refractivity contribution in [2.75, 3.05) is 11.5 Å². The maximum atomic E-state index is 12.2. The maximum absolute atomic E-state index is 12.2. The summed E-state index contributed by atoms with van der Waals surface area (Å²) >= 11 is 1.70. The maximum Gasteiger partial charge on any atom is 0.220 e. The molecule has 1 aliphatic carbocycles. The molecule has 0 spiro atoms. The fourth-order valence-corrected chi connectivity index (χ4v) is 4.21. The van der Waals surface area contributed by atoms with Crippen molar-refractivity contribution in [3.05, 3.63) is 71.1 Å². The second-order valence-electron chi connectivity index (χ2n) is 8.57. The normalized spacial score (nSPS) is 14.9. The molecule has 172 valence electrons. The van der Waals surface area contributed by atoms with E-state index < -0.39 is 6.04 Å². The van der Waals surface area contributed by atoms with Crippen molar-refractivity contribution in [2.45, 2.75) is 78.7 Å². The smallest absolute Gasteiger partial charge is 0.220 e. The van der Waals surface area contributed by atoms with Crippen molar-refractivity contribution in [1.82, 2.24) is 5.32 Å². The number of carbonyl (C=O) groups is 1. The standard InChI is InChI=1S/C27H41NO2S/c1-21(2)10-8-11-22(3)12-9-13-23(4)18-19-31-20-26(24(5)29)28-27(30)17-16-25-14-6-7-15-25/h6-7,10,12,14,18,26,29H,5,8-9,11,13,15-17,19-20H2,1-4H3,(H,28,30)/b22-12+,23-18+. The van der Waals surface area contributed by atoms with Crippen LogP contribution in [0.1, 0.15) is 72.6 Å². The van der Waals surface area contributed by atoms with Gasteiger partial charge in [-0.3, -0.25) is 4.79 Å². The van der Waals surface area contributed by atoms with E-state index in [2.05, 4.69) is 70.0 Å². The number of aliphatic hydroxyl groups is 1. The summed E-state index contributed by atoms with van der Waals surface area (Å²) in [4.78, 5) is 12.2. The topological polar surface area (TPSA) is 49.3 Å². The zero-order valence-electron chi connectivity index (χ0n) is 19.9. The molecule has 0 heterocycles. The van der Waals surface area contributed by atoms with Crippen LogP contribution in [0.15, 0.2) is 71.1 Å². The van der Waals surface area contributed by atoms with Gasteiger partial charge in [-0.05, 0) is 66.2 Å². The minimum atomic E-state index is -0.395. The molecule has 1 atom stereocenters. The second-order valence-corrected chi connectivity index (χ2v) is 9.64. The summed E-state index contributed by atoms with van der Waals surface area (Å²) in [6.45, 7) is 12.3. The summed E-state index contributed by atoms with van der Waals surface area (Å²) in [5, 5.41) is 12.7. The Hall–Kier alpha value is -1.94. The number of amides is 1.